The molecular formula is C13H17FN2O3S. The Hall–Kier alpha value is -1.47. The maximum atomic E-state index is 13.6. The lowest BCUT2D eigenvalue weighted by Crippen LogP contribution is -2.47. The van der Waals surface area contributed by atoms with Gasteiger partial charge >= 0.3 is 0 Å². The van der Waals surface area contributed by atoms with Crippen LogP contribution >= 0.6 is 0 Å². The van der Waals surface area contributed by atoms with Crippen molar-refractivity contribution >= 4 is 15.9 Å². The van der Waals surface area contributed by atoms with E-state index < -0.39 is 38.6 Å². The van der Waals surface area contributed by atoms with E-state index in [0.717, 1.165) is 18.9 Å². The highest BCUT2D eigenvalue weighted by atomic mass is 32.2. The smallest absolute Gasteiger partial charge is 0.243 e. The first kappa shape index (κ1) is 14.9. The van der Waals surface area contributed by atoms with Gasteiger partial charge in [-0.25, -0.2) is 17.5 Å². The number of halogens is 1. The van der Waals surface area contributed by atoms with Gasteiger partial charge in [-0.2, -0.15) is 0 Å². The molecule has 0 aliphatic heterocycles. The van der Waals surface area contributed by atoms with Gasteiger partial charge in [-0.05, 0) is 25.0 Å². The number of rotatable bonds is 4. The van der Waals surface area contributed by atoms with Gasteiger partial charge in [0.05, 0.1) is 5.92 Å². The number of hydrogen-bond donors (Lipinski definition) is 2. The molecular weight excluding hydrogens is 283 g/mol. The molecule has 2 atom stereocenters. The monoisotopic (exact) mass is 300 g/mol. The number of nitrogens with two attached hydrogens (primary N) is 1. The van der Waals surface area contributed by atoms with Crippen molar-refractivity contribution in [3.05, 3.63) is 30.1 Å². The summed E-state index contributed by atoms with van der Waals surface area (Å²) in [7, 11) is -3.99. The third-order valence-corrected chi connectivity index (χ3v) is 5.09. The Bertz CT molecular complexity index is 603. The van der Waals surface area contributed by atoms with Crippen molar-refractivity contribution in [2.45, 2.75) is 36.6 Å². The molecule has 0 radical (unpaired) electrons. The number of carbonyl (C=O) groups is 1. The Labute approximate surface area is 117 Å². The second kappa shape index (κ2) is 5.88. The molecule has 1 aromatic carbocycles. The largest absolute Gasteiger partial charge is 0.369 e. The van der Waals surface area contributed by atoms with Crippen molar-refractivity contribution in [3.63, 3.8) is 0 Å². The predicted octanol–water partition coefficient (Wildman–Crippen LogP) is 1.15. The summed E-state index contributed by atoms with van der Waals surface area (Å²) in [6, 6.07) is 4.58. The fourth-order valence-electron chi connectivity index (χ4n) is 2.54. The van der Waals surface area contributed by atoms with E-state index in [1.54, 1.807) is 0 Å². The lowest BCUT2D eigenvalue weighted by atomic mass is 9.85. The van der Waals surface area contributed by atoms with Crippen LogP contribution in [0.15, 0.2) is 29.2 Å². The van der Waals surface area contributed by atoms with Gasteiger partial charge in [0.15, 0.2) is 0 Å². The molecule has 2 rings (SSSR count). The first-order valence-corrected chi connectivity index (χ1v) is 7.96. The molecule has 1 amide bonds. The van der Waals surface area contributed by atoms with Gasteiger partial charge in [0.25, 0.3) is 0 Å². The molecule has 1 aliphatic rings. The minimum atomic E-state index is -3.99. The zero-order chi connectivity index (χ0) is 14.8. The molecule has 1 saturated carbocycles. The zero-order valence-electron chi connectivity index (χ0n) is 10.9. The Morgan fingerprint density at radius 1 is 1.25 bits per heavy atom. The number of primary amides is 1. The van der Waals surface area contributed by atoms with Gasteiger partial charge in [-0.3, -0.25) is 4.79 Å². The lowest BCUT2D eigenvalue weighted by Gasteiger charge is -2.29. The van der Waals surface area contributed by atoms with E-state index in [2.05, 4.69) is 4.72 Å². The number of nitrogens with one attached hydrogen (secondary N) is 1. The second-order valence-electron chi connectivity index (χ2n) is 4.95. The maximum Gasteiger partial charge on any atom is 0.243 e. The standard InChI is InChI=1S/C13H17FN2O3S/c14-10-6-2-4-8-12(10)20(18,19)16-11-7-3-1-5-9(11)13(15)17/h2,4,6,8-9,11,16H,1,3,5,7H2,(H2,15,17)/t9-,11+/m0/s1. The topological polar surface area (TPSA) is 89.3 Å². The Balaban J connectivity index is 2.23. The summed E-state index contributed by atoms with van der Waals surface area (Å²) in [5, 5.41) is 0. The van der Waals surface area contributed by atoms with Gasteiger partial charge in [0.1, 0.15) is 10.7 Å². The SMILES string of the molecule is NC(=O)[C@H]1CCCC[C@H]1NS(=O)(=O)c1ccccc1F. The summed E-state index contributed by atoms with van der Waals surface area (Å²) in [5.41, 5.74) is 5.30. The van der Waals surface area contributed by atoms with E-state index in [1.165, 1.54) is 18.2 Å². The first-order chi connectivity index (χ1) is 9.42. The molecule has 0 bridgehead atoms. The van der Waals surface area contributed by atoms with Crippen LogP contribution in [-0.4, -0.2) is 20.4 Å². The highest BCUT2D eigenvalue weighted by molar-refractivity contribution is 7.89. The number of benzene rings is 1. The molecule has 1 fully saturated rings. The molecule has 7 heteroatoms. The van der Waals surface area contributed by atoms with Crippen molar-refractivity contribution in [2.24, 2.45) is 11.7 Å². The van der Waals surface area contributed by atoms with E-state index in [4.69, 9.17) is 5.73 Å². The summed E-state index contributed by atoms with van der Waals surface area (Å²) < 4.78 is 40.4. The van der Waals surface area contributed by atoms with E-state index in [-0.39, 0.29) is 0 Å². The van der Waals surface area contributed by atoms with Crippen molar-refractivity contribution in [1.82, 2.24) is 4.72 Å². The molecule has 1 aromatic rings. The minimum absolute atomic E-state index is 0.409. The van der Waals surface area contributed by atoms with E-state index in [1.807, 2.05) is 0 Å². The first-order valence-electron chi connectivity index (χ1n) is 6.48. The van der Waals surface area contributed by atoms with Crippen LogP contribution in [0.4, 0.5) is 4.39 Å². The summed E-state index contributed by atoms with van der Waals surface area (Å²) in [5.74, 6) is -1.87. The van der Waals surface area contributed by atoms with Gasteiger partial charge in [0.2, 0.25) is 15.9 Å². The quantitative estimate of drug-likeness (QED) is 0.874. The third-order valence-electron chi connectivity index (χ3n) is 3.56. The molecule has 5 nitrogen and oxygen atoms in total. The summed E-state index contributed by atoms with van der Waals surface area (Å²) in [6.45, 7) is 0. The van der Waals surface area contributed by atoms with Crippen LogP contribution in [0.1, 0.15) is 25.7 Å². The van der Waals surface area contributed by atoms with E-state index >= 15 is 0 Å². The third kappa shape index (κ3) is 3.16. The average molecular weight is 300 g/mol. The zero-order valence-corrected chi connectivity index (χ0v) is 11.7. The summed E-state index contributed by atoms with van der Waals surface area (Å²) in [6.07, 6.45) is 2.74. The Morgan fingerprint density at radius 2 is 1.90 bits per heavy atom. The van der Waals surface area contributed by atoms with Crippen LogP contribution in [0.2, 0.25) is 0 Å². The van der Waals surface area contributed by atoms with Gasteiger partial charge in [-0.15, -0.1) is 0 Å². The summed E-state index contributed by atoms with van der Waals surface area (Å²) >= 11 is 0. The number of sulfonamides is 1. The van der Waals surface area contributed by atoms with Gasteiger partial charge in [0, 0.05) is 6.04 Å². The normalized spacial score (nSPS) is 23.4. The molecule has 110 valence electrons. The van der Waals surface area contributed by atoms with Crippen LogP contribution in [0.3, 0.4) is 0 Å². The van der Waals surface area contributed by atoms with Crippen LogP contribution in [0.25, 0.3) is 0 Å². The van der Waals surface area contributed by atoms with Crippen LogP contribution in [0, 0.1) is 11.7 Å². The highest BCUT2D eigenvalue weighted by Gasteiger charge is 2.33. The average Bonchev–Trinajstić information content (AvgIpc) is 2.39. The van der Waals surface area contributed by atoms with Crippen molar-refractivity contribution in [3.8, 4) is 0 Å². The van der Waals surface area contributed by atoms with Gasteiger partial charge in [-0.1, -0.05) is 25.0 Å². The molecule has 20 heavy (non-hydrogen) atoms. The second-order valence-corrected chi connectivity index (χ2v) is 6.63. The Kier molecular flexibility index (Phi) is 4.39. The minimum Gasteiger partial charge on any atom is -0.369 e. The highest BCUT2D eigenvalue weighted by Crippen LogP contribution is 2.26. The fraction of sp³-hybridized carbons (Fsp3) is 0.462. The van der Waals surface area contributed by atoms with Crippen molar-refractivity contribution in [2.75, 3.05) is 0 Å². The van der Waals surface area contributed by atoms with Crippen molar-refractivity contribution < 1.29 is 17.6 Å². The van der Waals surface area contributed by atoms with Crippen LogP contribution < -0.4 is 10.5 Å². The predicted molar refractivity (Wildman–Crippen MR) is 71.7 cm³/mol. The Morgan fingerprint density at radius 3 is 2.55 bits per heavy atom. The molecule has 0 spiro atoms. The number of hydrogen-bond acceptors (Lipinski definition) is 3. The molecule has 1 aliphatic carbocycles. The number of carbonyl (C=O) groups excluding carboxylic acids is 1. The van der Waals surface area contributed by atoms with E-state index in [0.29, 0.717) is 12.8 Å². The van der Waals surface area contributed by atoms with Crippen LogP contribution in [-0.2, 0) is 14.8 Å². The molecule has 0 saturated heterocycles. The van der Waals surface area contributed by atoms with Crippen LogP contribution in [0.5, 0.6) is 0 Å². The lowest BCUT2D eigenvalue weighted by molar-refractivity contribution is -0.123. The molecule has 3 N–H and O–H groups in total. The van der Waals surface area contributed by atoms with E-state index in [9.17, 15) is 17.6 Å². The van der Waals surface area contributed by atoms with Crippen molar-refractivity contribution in [1.29, 1.82) is 0 Å². The maximum absolute atomic E-state index is 13.6. The summed E-state index contributed by atoms with van der Waals surface area (Å²) in [4.78, 5) is 11.0. The molecule has 0 unspecified atom stereocenters. The fourth-order valence-corrected chi connectivity index (χ4v) is 3.93. The molecule has 0 aromatic heterocycles. The number of amides is 1. The molecule has 0 heterocycles. The van der Waals surface area contributed by atoms with Gasteiger partial charge < -0.3 is 5.73 Å².